The number of carbonyl (C=O) groups is 1. The molecule has 0 aliphatic rings. The molecule has 0 saturated carbocycles. The first-order valence-corrected chi connectivity index (χ1v) is 7.78. The van der Waals surface area contributed by atoms with Crippen molar-refractivity contribution in [3.05, 3.63) is 63.3 Å². The van der Waals surface area contributed by atoms with Crippen molar-refractivity contribution in [2.45, 2.75) is 0 Å². The van der Waals surface area contributed by atoms with Crippen molar-refractivity contribution in [3.8, 4) is 5.75 Å². The molecule has 1 N–H and O–H groups in total. The van der Waals surface area contributed by atoms with Crippen LogP contribution in [0.15, 0.2) is 57.9 Å². The van der Waals surface area contributed by atoms with Crippen molar-refractivity contribution in [1.29, 1.82) is 0 Å². The van der Waals surface area contributed by atoms with Gasteiger partial charge in [-0.15, -0.1) is 11.3 Å². The summed E-state index contributed by atoms with van der Waals surface area (Å²) in [4.78, 5) is 12.3. The van der Waals surface area contributed by atoms with E-state index < -0.39 is 0 Å². The van der Waals surface area contributed by atoms with Gasteiger partial charge in [-0.2, -0.15) is 5.10 Å². The Labute approximate surface area is 135 Å². The first kappa shape index (κ1) is 15.5. The molecule has 0 unspecified atom stereocenters. The number of hydrogen-bond donors (Lipinski definition) is 1. The summed E-state index contributed by atoms with van der Waals surface area (Å²) in [7, 11) is 0. The van der Waals surface area contributed by atoms with Crippen LogP contribution in [0.3, 0.4) is 0 Å². The standard InChI is InChI=1S/C15H13BrN2O2S/c1-2-7-20-12-5-6-13(16)11(9-12)10-17-18-15(19)14-4-3-8-21-14/h2-6,8-10H,1,7H2,(H,18,19). The van der Waals surface area contributed by atoms with Gasteiger partial charge in [-0.3, -0.25) is 4.79 Å². The minimum absolute atomic E-state index is 0.226. The van der Waals surface area contributed by atoms with Crippen molar-refractivity contribution in [1.82, 2.24) is 5.43 Å². The number of rotatable bonds is 6. The third kappa shape index (κ3) is 4.54. The average molecular weight is 365 g/mol. The highest BCUT2D eigenvalue weighted by Gasteiger charge is 2.04. The van der Waals surface area contributed by atoms with Crippen LogP contribution in [0.25, 0.3) is 0 Å². The van der Waals surface area contributed by atoms with Crippen LogP contribution in [0, 0.1) is 0 Å². The summed E-state index contributed by atoms with van der Waals surface area (Å²) in [5.74, 6) is 0.487. The zero-order valence-corrected chi connectivity index (χ0v) is 13.5. The molecule has 0 spiro atoms. The number of thiophene rings is 1. The minimum Gasteiger partial charge on any atom is -0.490 e. The molecule has 2 aromatic rings. The Hall–Kier alpha value is -1.92. The Morgan fingerprint density at radius 2 is 2.33 bits per heavy atom. The number of hydrazone groups is 1. The molecular weight excluding hydrogens is 352 g/mol. The second-order valence-corrected chi connectivity index (χ2v) is 5.76. The van der Waals surface area contributed by atoms with Gasteiger partial charge in [-0.1, -0.05) is 34.7 Å². The van der Waals surface area contributed by atoms with Crippen LogP contribution < -0.4 is 10.2 Å². The van der Waals surface area contributed by atoms with Crippen LogP contribution in [0.5, 0.6) is 5.75 Å². The molecule has 1 heterocycles. The van der Waals surface area contributed by atoms with E-state index in [1.54, 1.807) is 18.4 Å². The van der Waals surface area contributed by atoms with Gasteiger partial charge in [0.05, 0.1) is 11.1 Å². The minimum atomic E-state index is -0.226. The predicted octanol–water partition coefficient (Wildman–Crippen LogP) is 3.84. The fraction of sp³-hybridized carbons (Fsp3) is 0.0667. The predicted molar refractivity (Wildman–Crippen MR) is 89.2 cm³/mol. The van der Waals surface area contributed by atoms with Gasteiger partial charge in [0, 0.05) is 10.0 Å². The lowest BCUT2D eigenvalue weighted by Gasteiger charge is -2.05. The van der Waals surface area contributed by atoms with Crippen molar-refractivity contribution in [2.75, 3.05) is 6.61 Å². The van der Waals surface area contributed by atoms with E-state index in [1.807, 2.05) is 29.6 Å². The van der Waals surface area contributed by atoms with E-state index in [0.29, 0.717) is 17.2 Å². The van der Waals surface area contributed by atoms with E-state index >= 15 is 0 Å². The van der Waals surface area contributed by atoms with Gasteiger partial charge >= 0.3 is 0 Å². The third-order valence-corrected chi connectivity index (χ3v) is 4.04. The summed E-state index contributed by atoms with van der Waals surface area (Å²) in [6, 6.07) is 9.10. The smallest absolute Gasteiger partial charge is 0.281 e. The van der Waals surface area contributed by atoms with Crippen LogP contribution in [0.1, 0.15) is 15.2 Å². The second-order valence-electron chi connectivity index (χ2n) is 3.96. The molecular formula is C15H13BrN2O2S. The third-order valence-electron chi connectivity index (χ3n) is 2.45. The topological polar surface area (TPSA) is 50.7 Å². The highest BCUT2D eigenvalue weighted by atomic mass is 79.9. The van der Waals surface area contributed by atoms with Gasteiger partial charge in [0.15, 0.2) is 0 Å². The molecule has 0 atom stereocenters. The van der Waals surface area contributed by atoms with Gasteiger partial charge in [-0.05, 0) is 29.6 Å². The number of hydrogen-bond acceptors (Lipinski definition) is 4. The molecule has 0 radical (unpaired) electrons. The molecule has 1 amide bonds. The van der Waals surface area contributed by atoms with Crippen LogP contribution in [0.2, 0.25) is 0 Å². The molecule has 6 heteroatoms. The van der Waals surface area contributed by atoms with Crippen LogP contribution in [-0.2, 0) is 0 Å². The largest absolute Gasteiger partial charge is 0.490 e. The van der Waals surface area contributed by atoms with Crippen molar-refractivity contribution >= 4 is 39.4 Å². The molecule has 4 nitrogen and oxygen atoms in total. The maximum Gasteiger partial charge on any atom is 0.281 e. The molecule has 0 bridgehead atoms. The quantitative estimate of drug-likeness (QED) is 0.480. The monoisotopic (exact) mass is 364 g/mol. The van der Waals surface area contributed by atoms with Gasteiger partial charge in [0.25, 0.3) is 5.91 Å². The lowest BCUT2D eigenvalue weighted by atomic mass is 10.2. The highest BCUT2D eigenvalue weighted by molar-refractivity contribution is 9.10. The molecule has 0 aliphatic heterocycles. The maximum absolute atomic E-state index is 11.7. The van der Waals surface area contributed by atoms with Crippen molar-refractivity contribution in [3.63, 3.8) is 0 Å². The van der Waals surface area contributed by atoms with Crippen LogP contribution >= 0.6 is 27.3 Å². The molecule has 0 saturated heterocycles. The van der Waals surface area contributed by atoms with Gasteiger partial charge < -0.3 is 4.74 Å². The van der Waals surface area contributed by atoms with E-state index in [-0.39, 0.29) is 5.91 Å². The number of halogens is 1. The SMILES string of the molecule is C=CCOc1ccc(Br)c(C=NNC(=O)c2cccs2)c1. The summed E-state index contributed by atoms with van der Waals surface area (Å²) >= 11 is 4.79. The van der Waals surface area contributed by atoms with Crippen LogP contribution in [-0.4, -0.2) is 18.7 Å². The molecule has 2 rings (SSSR count). The fourth-order valence-corrected chi connectivity index (χ4v) is 2.45. The number of nitrogens with zero attached hydrogens (tertiary/aromatic N) is 1. The normalized spacial score (nSPS) is 10.5. The van der Waals surface area contributed by atoms with E-state index in [9.17, 15) is 4.79 Å². The molecule has 0 aliphatic carbocycles. The lowest BCUT2D eigenvalue weighted by Crippen LogP contribution is -2.16. The number of ether oxygens (including phenoxy) is 1. The fourth-order valence-electron chi connectivity index (χ4n) is 1.49. The van der Waals surface area contributed by atoms with E-state index in [1.165, 1.54) is 11.3 Å². The molecule has 0 fully saturated rings. The lowest BCUT2D eigenvalue weighted by molar-refractivity contribution is 0.0959. The Morgan fingerprint density at radius 1 is 1.48 bits per heavy atom. The van der Waals surface area contributed by atoms with Crippen LogP contribution in [0.4, 0.5) is 0 Å². The Kier molecular flexibility index (Phi) is 5.71. The summed E-state index contributed by atoms with van der Waals surface area (Å²) in [6.45, 7) is 4.04. The van der Waals surface area contributed by atoms with Crippen molar-refractivity contribution in [2.24, 2.45) is 5.10 Å². The van der Waals surface area contributed by atoms with Gasteiger partial charge in [0.1, 0.15) is 12.4 Å². The van der Waals surface area contributed by atoms with E-state index in [2.05, 4.69) is 33.0 Å². The summed E-state index contributed by atoms with van der Waals surface area (Å²) in [5, 5.41) is 5.80. The summed E-state index contributed by atoms with van der Waals surface area (Å²) < 4.78 is 6.31. The zero-order chi connectivity index (χ0) is 15.1. The van der Waals surface area contributed by atoms with Gasteiger partial charge in [0.2, 0.25) is 0 Å². The summed E-state index contributed by atoms with van der Waals surface area (Å²) in [5.41, 5.74) is 3.29. The first-order valence-electron chi connectivity index (χ1n) is 6.11. The number of amides is 1. The Bertz CT molecular complexity index is 654. The number of benzene rings is 1. The highest BCUT2D eigenvalue weighted by Crippen LogP contribution is 2.21. The molecule has 21 heavy (non-hydrogen) atoms. The zero-order valence-electron chi connectivity index (χ0n) is 11.1. The molecule has 1 aromatic heterocycles. The van der Waals surface area contributed by atoms with E-state index in [0.717, 1.165) is 10.0 Å². The average Bonchev–Trinajstić information content (AvgIpc) is 3.02. The van der Waals surface area contributed by atoms with Gasteiger partial charge in [-0.25, -0.2) is 5.43 Å². The molecule has 108 valence electrons. The maximum atomic E-state index is 11.7. The second kappa shape index (κ2) is 7.75. The Balaban J connectivity index is 2.02. The first-order chi connectivity index (χ1) is 10.2. The van der Waals surface area contributed by atoms with Crippen molar-refractivity contribution < 1.29 is 9.53 Å². The number of carbonyl (C=O) groups excluding carboxylic acids is 1. The van der Waals surface area contributed by atoms with E-state index in [4.69, 9.17) is 4.74 Å². The Morgan fingerprint density at radius 3 is 3.05 bits per heavy atom. The summed E-state index contributed by atoms with van der Waals surface area (Å²) in [6.07, 6.45) is 3.24. The number of nitrogens with one attached hydrogen (secondary N) is 1. The molecule has 1 aromatic carbocycles.